The molecule has 5 rings (SSSR count). The van der Waals surface area contributed by atoms with Crippen molar-refractivity contribution in [1.82, 2.24) is 29.4 Å². The molecule has 8 nitrogen and oxygen atoms in total. The predicted octanol–water partition coefficient (Wildman–Crippen LogP) is 2.08. The summed E-state index contributed by atoms with van der Waals surface area (Å²) in [7, 11) is 0. The van der Waals surface area contributed by atoms with Crippen LogP contribution >= 0.6 is 0 Å². The van der Waals surface area contributed by atoms with Gasteiger partial charge < -0.3 is 9.47 Å². The lowest BCUT2D eigenvalue weighted by Gasteiger charge is -2.25. The zero-order valence-corrected chi connectivity index (χ0v) is 16.3. The quantitative estimate of drug-likeness (QED) is 0.681. The number of hydrogen-bond acceptors (Lipinski definition) is 5. The summed E-state index contributed by atoms with van der Waals surface area (Å²) < 4.78 is 3.48. The Hall–Kier alpha value is -3.03. The van der Waals surface area contributed by atoms with Gasteiger partial charge >= 0.3 is 0 Å². The third-order valence-electron chi connectivity index (χ3n) is 6.06. The Morgan fingerprint density at radius 3 is 2.90 bits per heavy atom. The van der Waals surface area contributed by atoms with Gasteiger partial charge in [0, 0.05) is 24.9 Å². The molecular weight excluding hydrogens is 368 g/mol. The van der Waals surface area contributed by atoms with Crippen molar-refractivity contribution < 1.29 is 4.79 Å². The number of benzene rings is 1. The van der Waals surface area contributed by atoms with E-state index in [1.807, 2.05) is 23.1 Å². The molecule has 2 aliphatic heterocycles. The molecule has 29 heavy (non-hydrogen) atoms. The second kappa shape index (κ2) is 7.42. The maximum absolute atomic E-state index is 13.1. The van der Waals surface area contributed by atoms with Crippen LogP contribution in [0.25, 0.3) is 10.8 Å². The standard InChI is InChI=1S/C21H24N6O2/c28-19(14-27-21(29)16-8-4-3-7-15(16)13-22-27)25-12-6-9-17(25)20-24-23-18-10-2-1-5-11-26(18)20/h3-4,7-8,13,17H,1-2,5-6,9-12,14H2/t17-/m0/s1. The van der Waals surface area contributed by atoms with E-state index in [1.54, 1.807) is 12.3 Å². The maximum Gasteiger partial charge on any atom is 0.275 e. The van der Waals surface area contributed by atoms with E-state index in [9.17, 15) is 9.59 Å². The Balaban J connectivity index is 1.41. The molecule has 150 valence electrons. The van der Waals surface area contributed by atoms with E-state index in [1.165, 1.54) is 11.1 Å². The van der Waals surface area contributed by atoms with Crippen molar-refractivity contribution in [3.8, 4) is 0 Å². The number of carbonyl (C=O) groups excluding carboxylic acids is 1. The van der Waals surface area contributed by atoms with E-state index in [-0.39, 0.29) is 24.1 Å². The molecule has 1 aromatic carbocycles. The lowest BCUT2D eigenvalue weighted by molar-refractivity contribution is -0.133. The molecule has 0 saturated carbocycles. The van der Waals surface area contributed by atoms with E-state index in [0.29, 0.717) is 11.9 Å². The lowest BCUT2D eigenvalue weighted by atomic mass is 10.2. The minimum Gasteiger partial charge on any atom is -0.331 e. The predicted molar refractivity (Wildman–Crippen MR) is 107 cm³/mol. The van der Waals surface area contributed by atoms with Gasteiger partial charge in [-0.15, -0.1) is 10.2 Å². The zero-order chi connectivity index (χ0) is 19.8. The Morgan fingerprint density at radius 2 is 1.97 bits per heavy atom. The molecule has 1 saturated heterocycles. The average molecular weight is 392 g/mol. The minimum absolute atomic E-state index is 0.0544. The molecule has 0 N–H and O–H groups in total. The summed E-state index contributed by atoms with van der Waals surface area (Å²) in [6, 6.07) is 7.24. The lowest BCUT2D eigenvalue weighted by Crippen LogP contribution is -2.37. The van der Waals surface area contributed by atoms with E-state index in [4.69, 9.17) is 0 Å². The molecule has 3 aromatic rings. The summed E-state index contributed by atoms with van der Waals surface area (Å²) in [5.74, 6) is 1.83. The van der Waals surface area contributed by atoms with Crippen molar-refractivity contribution in [2.75, 3.05) is 6.54 Å². The average Bonchev–Trinajstić information content (AvgIpc) is 3.31. The van der Waals surface area contributed by atoms with E-state index < -0.39 is 0 Å². The van der Waals surface area contributed by atoms with Crippen molar-refractivity contribution in [3.05, 3.63) is 52.5 Å². The summed E-state index contributed by atoms with van der Waals surface area (Å²) in [6.45, 7) is 1.54. The van der Waals surface area contributed by atoms with Gasteiger partial charge in [-0.25, -0.2) is 4.68 Å². The van der Waals surface area contributed by atoms with Gasteiger partial charge in [-0.1, -0.05) is 24.6 Å². The van der Waals surface area contributed by atoms with E-state index in [2.05, 4.69) is 19.9 Å². The highest BCUT2D eigenvalue weighted by molar-refractivity contribution is 5.81. The van der Waals surface area contributed by atoms with Gasteiger partial charge in [-0.05, 0) is 31.7 Å². The fourth-order valence-electron chi connectivity index (χ4n) is 4.55. The van der Waals surface area contributed by atoms with Gasteiger partial charge in [0.1, 0.15) is 12.4 Å². The van der Waals surface area contributed by atoms with Crippen LogP contribution in [0.2, 0.25) is 0 Å². The largest absolute Gasteiger partial charge is 0.331 e. The van der Waals surface area contributed by atoms with Gasteiger partial charge in [0.15, 0.2) is 5.82 Å². The summed E-state index contributed by atoms with van der Waals surface area (Å²) in [5, 5.41) is 14.4. The van der Waals surface area contributed by atoms with Crippen LogP contribution in [0.15, 0.2) is 35.3 Å². The first-order valence-corrected chi connectivity index (χ1v) is 10.4. The molecule has 1 fully saturated rings. The third kappa shape index (κ3) is 3.22. The molecular formula is C21H24N6O2. The molecule has 1 atom stereocenters. The first kappa shape index (κ1) is 18.0. The van der Waals surface area contributed by atoms with Crippen LogP contribution in [0, 0.1) is 0 Å². The van der Waals surface area contributed by atoms with Crippen LogP contribution in [0.3, 0.4) is 0 Å². The summed E-state index contributed by atoms with van der Waals surface area (Å²) in [4.78, 5) is 27.7. The van der Waals surface area contributed by atoms with Crippen molar-refractivity contribution in [2.45, 2.75) is 57.7 Å². The van der Waals surface area contributed by atoms with Crippen molar-refractivity contribution in [2.24, 2.45) is 0 Å². The van der Waals surface area contributed by atoms with Crippen LogP contribution in [0.5, 0.6) is 0 Å². The second-order valence-electron chi connectivity index (χ2n) is 7.88. The number of aromatic nitrogens is 5. The van der Waals surface area contributed by atoms with Crippen molar-refractivity contribution >= 4 is 16.7 Å². The summed E-state index contributed by atoms with van der Waals surface area (Å²) in [6.07, 6.45) is 7.86. The van der Waals surface area contributed by atoms with Crippen molar-refractivity contribution in [3.63, 3.8) is 0 Å². The second-order valence-corrected chi connectivity index (χ2v) is 7.88. The highest BCUT2D eigenvalue weighted by Gasteiger charge is 2.34. The summed E-state index contributed by atoms with van der Waals surface area (Å²) >= 11 is 0. The molecule has 0 radical (unpaired) electrons. The fourth-order valence-corrected chi connectivity index (χ4v) is 4.55. The molecule has 4 heterocycles. The minimum atomic E-state index is -0.233. The van der Waals surface area contributed by atoms with Crippen molar-refractivity contribution in [1.29, 1.82) is 0 Å². The number of nitrogens with zero attached hydrogens (tertiary/aromatic N) is 6. The Bertz CT molecular complexity index is 1120. The molecule has 8 heteroatoms. The van der Waals surface area contributed by atoms with Gasteiger partial charge in [0.25, 0.3) is 5.56 Å². The Morgan fingerprint density at radius 1 is 1.07 bits per heavy atom. The molecule has 0 spiro atoms. The number of rotatable bonds is 3. The van der Waals surface area contributed by atoms with Gasteiger partial charge in [0.2, 0.25) is 5.91 Å². The molecule has 0 aliphatic carbocycles. The Kier molecular flexibility index (Phi) is 4.61. The summed E-state index contributed by atoms with van der Waals surface area (Å²) in [5.41, 5.74) is -0.233. The van der Waals surface area contributed by atoms with Gasteiger partial charge in [0.05, 0.1) is 17.6 Å². The first-order chi connectivity index (χ1) is 14.2. The number of aryl methyl sites for hydroxylation is 1. The van der Waals surface area contributed by atoms with Crippen LogP contribution in [0.4, 0.5) is 0 Å². The topological polar surface area (TPSA) is 85.9 Å². The highest BCUT2D eigenvalue weighted by atomic mass is 16.2. The fraction of sp³-hybridized carbons (Fsp3) is 0.476. The van der Waals surface area contributed by atoms with E-state index in [0.717, 1.165) is 55.7 Å². The third-order valence-corrected chi connectivity index (χ3v) is 6.06. The smallest absolute Gasteiger partial charge is 0.275 e. The zero-order valence-electron chi connectivity index (χ0n) is 16.3. The van der Waals surface area contributed by atoms with Gasteiger partial charge in [-0.2, -0.15) is 5.10 Å². The van der Waals surface area contributed by atoms with E-state index >= 15 is 0 Å². The normalized spacial score (nSPS) is 19.3. The molecule has 0 bridgehead atoms. The molecule has 0 unspecified atom stereocenters. The molecule has 1 amide bonds. The number of carbonyl (C=O) groups is 1. The number of likely N-dealkylation sites (tertiary alicyclic amines) is 1. The van der Waals surface area contributed by atoms with Gasteiger partial charge in [-0.3, -0.25) is 9.59 Å². The highest BCUT2D eigenvalue weighted by Crippen LogP contribution is 2.32. The molecule has 2 aliphatic rings. The first-order valence-electron chi connectivity index (χ1n) is 10.4. The van der Waals surface area contributed by atoms with Crippen LogP contribution in [-0.4, -0.2) is 41.9 Å². The number of hydrogen-bond donors (Lipinski definition) is 0. The number of amides is 1. The Labute approximate surface area is 168 Å². The number of fused-ring (bicyclic) bond motifs is 2. The van der Waals surface area contributed by atoms with Crippen LogP contribution in [-0.2, 0) is 24.3 Å². The SMILES string of the molecule is O=C(Cn1ncc2ccccc2c1=O)N1CCC[C@H]1c1nnc2n1CCCCC2. The molecule has 2 aromatic heterocycles. The monoisotopic (exact) mass is 392 g/mol. The van der Waals surface area contributed by atoms with Crippen LogP contribution in [0.1, 0.15) is 49.8 Å². The maximum atomic E-state index is 13.1. The van der Waals surface area contributed by atoms with Crippen LogP contribution < -0.4 is 5.56 Å².